The Kier molecular flexibility index (Phi) is 8.72. The van der Waals surface area contributed by atoms with Crippen LogP contribution in [-0.4, -0.2) is 71.2 Å². The number of aliphatic hydroxyl groups excluding tert-OH is 1. The summed E-state index contributed by atoms with van der Waals surface area (Å²) in [6.45, 7) is 6.98. The quantitative estimate of drug-likeness (QED) is 0.343. The summed E-state index contributed by atoms with van der Waals surface area (Å²) < 4.78 is 0. The minimum absolute atomic E-state index is 0. The molecule has 30 heavy (non-hydrogen) atoms. The van der Waals surface area contributed by atoms with Crippen LogP contribution in [0.5, 0.6) is 0 Å². The van der Waals surface area contributed by atoms with Gasteiger partial charge in [0.05, 0.1) is 12.6 Å². The van der Waals surface area contributed by atoms with Crippen molar-refractivity contribution < 1.29 is 5.11 Å². The maximum atomic E-state index is 9.72. The van der Waals surface area contributed by atoms with E-state index in [2.05, 4.69) is 43.9 Å². The first-order chi connectivity index (χ1) is 14.2. The first-order valence-corrected chi connectivity index (χ1v) is 11.2. The number of likely N-dealkylation sites (tertiary alicyclic amines) is 1. The van der Waals surface area contributed by atoms with E-state index < -0.39 is 0 Å². The number of aliphatic hydroxyl groups is 1. The topological polar surface area (TPSA) is 81.2 Å². The molecule has 0 amide bonds. The van der Waals surface area contributed by atoms with Gasteiger partial charge in [-0.25, -0.2) is 9.98 Å². The monoisotopic (exact) mass is 542 g/mol. The summed E-state index contributed by atoms with van der Waals surface area (Å²) in [7, 11) is 0. The molecule has 2 saturated heterocycles. The van der Waals surface area contributed by atoms with Gasteiger partial charge >= 0.3 is 0 Å². The van der Waals surface area contributed by atoms with Gasteiger partial charge in [-0.1, -0.05) is 24.3 Å². The molecule has 0 unspecified atom stereocenters. The molecular formula is C21H31IN6OS. The van der Waals surface area contributed by atoms with Crippen LogP contribution < -0.4 is 10.6 Å². The van der Waals surface area contributed by atoms with E-state index >= 15 is 0 Å². The van der Waals surface area contributed by atoms with Gasteiger partial charge in [0, 0.05) is 57.4 Å². The van der Waals surface area contributed by atoms with Crippen molar-refractivity contribution in [1.29, 1.82) is 0 Å². The van der Waals surface area contributed by atoms with Crippen LogP contribution in [-0.2, 0) is 13.1 Å². The minimum Gasteiger partial charge on any atom is -0.393 e. The van der Waals surface area contributed by atoms with Crippen molar-refractivity contribution in [2.24, 2.45) is 10.7 Å². The molecule has 9 heteroatoms. The molecule has 1 aromatic heterocycles. The van der Waals surface area contributed by atoms with Gasteiger partial charge in [0.15, 0.2) is 11.1 Å². The van der Waals surface area contributed by atoms with Crippen LogP contribution in [0.2, 0.25) is 0 Å². The molecule has 3 N–H and O–H groups in total. The van der Waals surface area contributed by atoms with Crippen molar-refractivity contribution in [3.63, 3.8) is 0 Å². The SMILES string of the molecule is I.NC(=NCc1ccccc1CN1CCC(O)CC1)N1CCN(c2nccs2)CC1. The number of anilines is 1. The highest BCUT2D eigenvalue weighted by Gasteiger charge is 2.20. The molecule has 0 atom stereocenters. The number of hydrogen-bond donors (Lipinski definition) is 2. The van der Waals surface area contributed by atoms with Crippen LogP contribution in [0.25, 0.3) is 0 Å². The van der Waals surface area contributed by atoms with E-state index in [-0.39, 0.29) is 30.1 Å². The number of hydrogen-bond acceptors (Lipinski definition) is 6. The van der Waals surface area contributed by atoms with Crippen LogP contribution in [0.4, 0.5) is 5.13 Å². The van der Waals surface area contributed by atoms with E-state index in [1.54, 1.807) is 11.3 Å². The molecule has 0 bridgehead atoms. The lowest BCUT2D eigenvalue weighted by molar-refractivity contribution is 0.0791. The Hall–Kier alpha value is -1.43. The number of rotatable bonds is 5. The Labute approximate surface area is 199 Å². The number of halogens is 1. The minimum atomic E-state index is -0.137. The Morgan fingerprint density at radius 3 is 2.47 bits per heavy atom. The molecule has 2 aliphatic rings. The summed E-state index contributed by atoms with van der Waals surface area (Å²) in [6, 6.07) is 8.48. The maximum absolute atomic E-state index is 9.72. The fraction of sp³-hybridized carbons (Fsp3) is 0.524. The first-order valence-electron chi connectivity index (χ1n) is 10.4. The van der Waals surface area contributed by atoms with E-state index in [0.29, 0.717) is 12.5 Å². The number of thiazole rings is 1. The van der Waals surface area contributed by atoms with Gasteiger partial charge in [0.1, 0.15) is 0 Å². The van der Waals surface area contributed by atoms with E-state index in [9.17, 15) is 5.11 Å². The average Bonchev–Trinajstić information content (AvgIpc) is 3.30. The lowest BCUT2D eigenvalue weighted by Gasteiger charge is -2.35. The molecule has 0 aliphatic carbocycles. The Bertz CT molecular complexity index is 802. The van der Waals surface area contributed by atoms with Crippen molar-refractivity contribution in [3.05, 3.63) is 47.0 Å². The van der Waals surface area contributed by atoms with Gasteiger partial charge < -0.3 is 20.6 Å². The number of guanidine groups is 1. The maximum Gasteiger partial charge on any atom is 0.191 e. The zero-order chi connectivity index (χ0) is 20.1. The second-order valence-corrected chi connectivity index (χ2v) is 8.61. The Morgan fingerprint density at radius 2 is 1.80 bits per heavy atom. The summed E-state index contributed by atoms with van der Waals surface area (Å²) in [6.07, 6.45) is 3.44. The number of nitrogens with two attached hydrogens (primary N) is 1. The summed E-state index contributed by atoms with van der Waals surface area (Å²) in [5, 5.41) is 12.8. The lowest BCUT2D eigenvalue weighted by Crippen LogP contribution is -2.51. The first kappa shape index (κ1) is 23.2. The number of benzene rings is 1. The Morgan fingerprint density at radius 1 is 1.10 bits per heavy atom. The van der Waals surface area contributed by atoms with Crippen molar-refractivity contribution in [3.8, 4) is 0 Å². The van der Waals surface area contributed by atoms with Crippen molar-refractivity contribution in [2.45, 2.75) is 32.0 Å². The highest BCUT2D eigenvalue weighted by Crippen LogP contribution is 2.19. The van der Waals surface area contributed by atoms with Crippen LogP contribution >= 0.6 is 35.3 Å². The van der Waals surface area contributed by atoms with Crippen LogP contribution in [0, 0.1) is 0 Å². The van der Waals surface area contributed by atoms with Gasteiger partial charge in [-0.3, -0.25) is 4.90 Å². The number of nitrogens with zero attached hydrogens (tertiary/aromatic N) is 5. The highest BCUT2D eigenvalue weighted by molar-refractivity contribution is 14.0. The largest absolute Gasteiger partial charge is 0.393 e. The van der Waals surface area contributed by atoms with E-state index in [1.807, 2.05) is 11.6 Å². The van der Waals surface area contributed by atoms with E-state index in [1.165, 1.54) is 11.1 Å². The normalized spacial score (nSPS) is 19.0. The van der Waals surface area contributed by atoms with Crippen molar-refractivity contribution in [2.75, 3.05) is 44.2 Å². The number of piperazine rings is 1. The van der Waals surface area contributed by atoms with Crippen molar-refractivity contribution in [1.82, 2.24) is 14.8 Å². The van der Waals surface area contributed by atoms with E-state index in [4.69, 9.17) is 10.7 Å². The predicted molar refractivity (Wildman–Crippen MR) is 134 cm³/mol. The van der Waals surface area contributed by atoms with Gasteiger partial charge in [-0.15, -0.1) is 35.3 Å². The fourth-order valence-electron chi connectivity index (χ4n) is 3.95. The lowest BCUT2D eigenvalue weighted by atomic mass is 10.0. The third-order valence-corrected chi connectivity index (χ3v) is 6.61. The zero-order valence-electron chi connectivity index (χ0n) is 17.2. The molecule has 7 nitrogen and oxygen atoms in total. The fourth-order valence-corrected chi connectivity index (χ4v) is 4.65. The van der Waals surface area contributed by atoms with Crippen LogP contribution in [0.1, 0.15) is 24.0 Å². The molecule has 2 aromatic rings. The third kappa shape index (κ3) is 6.05. The summed E-state index contributed by atoms with van der Waals surface area (Å²) in [5.41, 5.74) is 8.84. The molecule has 0 spiro atoms. The molecule has 1 aromatic carbocycles. The molecular weight excluding hydrogens is 511 g/mol. The summed E-state index contributed by atoms with van der Waals surface area (Å²) in [4.78, 5) is 16.0. The van der Waals surface area contributed by atoms with Crippen LogP contribution in [0.15, 0.2) is 40.8 Å². The molecule has 0 saturated carbocycles. The number of aliphatic imine (C=N–C) groups is 1. The van der Waals surface area contributed by atoms with Crippen LogP contribution in [0.3, 0.4) is 0 Å². The van der Waals surface area contributed by atoms with Gasteiger partial charge in [-0.05, 0) is 24.0 Å². The average molecular weight is 542 g/mol. The van der Waals surface area contributed by atoms with Gasteiger partial charge in [0.2, 0.25) is 0 Å². The predicted octanol–water partition coefficient (Wildman–Crippen LogP) is 2.35. The van der Waals surface area contributed by atoms with Crippen molar-refractivity contribution >= 4 is 46.4 Å². The summed E-state index contributed by atoms with van der Waals surface area (Å²) in [5.74, 6) is 0.625. The third-order valence-electron chi connectivity index (χ3n) is 5.77. The number of aromatic nitrogens is 1. The summed E-state index contributed by atoms with van der Waals surface area (Å²) >= 11 is 1.68. The number of piperidine rings is 1. The molecule has 3 heterocycles. The van der Waals surface area contributed by atoms with E-state index in [0.717, 1.165) is 63.8 Å². The molecule has 4 rings (SSSR count). The standard InChI is InChI=1S/C21H30N6OS.HI/c22-20(26-10-12-27(13-11-26)21-23-7-14-29-21)24-15-17-3-1-2-4-18(17)16-25-8-5-19(28)6-9-25;/h1-4,7,14,19,28H,5-6,8-13,15-16H2,(H2,22,24);1H. The second kappa shape index (κ2) is 11.3. The molecule has 164 valence electrons. The smallest absolute Gasteiger partial charge is 0.191 e. The van der Waals surface area contributed by atoms with Gasteiger partial charge in [-0.2, -0.15) is 0 Å². The highest BCUT2D eigenvalue weighted by atomic mass is 127. The Balaban J connectivity index is 0.00000256. The molecule has 0 radical (unpaired) electrons. The zero-order valence-corrected chi connectivity index (χ0v) is 20.3. The second-order valence-electron chi connectivity index (χ2n) is 7.74. The molecule has 2 aliphatic heterocycles. The van der Waals surface area contributed by atoms with Gasteiger partial charge in [0.25, 0.3) is 0 Å². The molecule has 2 fully saturated rings.